The maximum atomic E-state index is 12.2. The Morgan fingerprint density at radius 3 is 1.64 bits per heavy atom. The van der Waals surface area contributed by atoms with Crippen LogP contribution in [0, 0.1) is 0 Å². The Kier molecular flexibility index (Phi) is 3.65. The van der Waals surface area contributed by atoms with Gasteiger partial charge in [0.15, 0.2) is 0 Å². The van der Waals surface area contributed by atoms with Crippen LogP contribution in [0.1, 0.15) is 0 Å². The third-order valence-corrected chi connectivity index (χ3v) is 7.65. The average molecular weight is 418 g/mol. The van der Waals surface area contributed by atoms with Gasteiger partial charge in [0.05, 0.1) is 0 Å². The minimum absolute atomic E-state index is 0.137. The second-order valence-corrected chi connectivity index (χ2v) is 9.42. The molecule has 0 saturated heterocycles. The fraction of sp³-hybridized carbons (Fsp3) is 0. The molecule has 0 unspecified atom stereocenters. The number of carbonyl (C=O) groups excluding carboxylic acids is 1. The van der Waals surface area contributed by atoms with Crippen LogP contribution in [0.5, 0.6) is 0 Å². The summed E-state index contributed by atoms with van der Waals surface area (Å²) in [5.74, 6) is 0. The molecule has 0 radical (unpaired) electrons. The van der Waals surface area contributed by atoms with Crippen LogP contribution in [0.4, 0.5) is 13.9 Å². The molecule has 0 atom stereocenters. The van der Waals surface area contributed by atoms with Crippen molar-refractivity contribution in [1.82, 2.24) is 0 Å². The van der Waals surface area contributed by atoms with Gasteiger partial charge in [-0.15, -0.1) is 0 Å². The molecule has 2 aromatic heterocycles. The summed E-state index contributed by atoms with van der Waals surface area (Å²) in [5, 5.41) is 8.41. The van der Waals surface area contributed by atoms with E-state index in [9.17, 15) is 4.79 Å². The Morgan fingerprint density at radius 1 is 0.727 bits per heavy atom. The Labute approximate surface area is 139 Å². The van der Waals surface area contributed by atoms with E-state index in [4.69, 9.17) is 0 Å². The number of hydrogen-bond acceptors (Lipinski definition) is 1. The van der Waals surface area contributed by atoms with E-state index in [1.165, 1.54) is 19.3 Å². The number of nitrogens with one attached hydrogen (secondary N) is 2. The summed E-state index contributed by atoms with van der Waals surface area (Å²) in [6, 6.07) is 20.6. The van der Waals surface area contributed by atoms with E-state index >= 15 is 0 Å². The fourth-order valence-corrected chi connectivity index (χ4v) is 6.36. The van der Waals surface area contributed by atoms with Crippen LogP contribution in [0.25, 0.3) is 19.3 Å². The van der Waals surface area contributed by atoms with Crippen molar-refractivity contribution in [2.24, 2.45) is 0 Å². The molecule has 2 N–H and O–H groups in total. The zero-order valence-corrected chi connectivity index (χ0v) is 14.9. The van der Waals surface area contributed by atoms with Gasteiger partial charge in [-0.2, -0.15) is 0 Å². The first-order valence-corrected chi connectivity index (χ1v) is 10.3. The molecule has 0 bridgehead atoms. The third-order valence-electron chi connectivity index (χ3n) is 3.32. The molecule has 0 aliphatic rings. The third kappa shape index (κ3) is 2.77. The quantitative estimate of drug-likeness (QED) is 0.479. The number of urea groups is 1. The van der Waals surface area contributed by atoms with Gasteiger partial charge in [0, 0.05) is 0 Å². The number of benzene rings is 2. The van der Waals surface area contributed by atoms with Gasteiger partial charge in [0.2, 0.25) is 0 Å². The van der Waals surface area contributed by atoms with Gasteiger partial charge in [-0.1, -0.05) is 0 Å². The molecular formula is C17H12N2OSe2. The first-order chi connectivity index (χ1) is 10.8. The van der Waals surface area contributed by atoms with Crippen molar-refractivity contribution in [1.29, 1.82) is 0 Å². The van der Waals surface area contributed by atoms with E-state index in [1.807, 2.05) is 24.3 Å². The second kappa shape index (κ2) is 5.79. The zero-order chi connectivity index (χ0) is 14.9. The maximum absolute atomic E-state index is 12.2. The predicted molar refractivity (Wildman–Crippen MR) is 94.4 cm³/mol. The first-order valence-electron chi connectivity index (χ1n) is 6.83. The predicted octanol–water partition coefficient (Wildman–Crippen LogP) is 3.75. The van der Waals surface area contributed by atoms with Gasteiger partial charge >= 0.3 is 140 Å². The summed E-state index contributed by atoms with van der Waals surface area (Å²) < 4.78 is 4.66. The van der Waals surface area contributed by atoms with Crippen molar-refractivity contribution < 1.29 is 4.79 Å². The molecule has 0 fully saturated rings. The van der Waals surface area contributed by atoms with Crippen LogP contribution < -0.4 is 10.6 Å². The normalized spacial score (nSPS) is 10.9. The van der Waals surface area contributed by atoms with Crippen LogP contribution in [-0.2, 0) is 0 Å². The topological polar surface area (TPSA) is 41.1 Å². The van der Waals surface area contributed by atoms with Crippen LogP contribution >= 0.6 is 0 Å². The van der Waals surface area contributed by atoms with Crippen LogP contribution in [-0.4, -0.2) is 35.0 Å². The number of anilines is 2. The summed E-state index contributed by atoms with van der Waals surface area (Å²) in [4.78, 5) is 12.2. The number of hydrogen-bond donors (Lipinski definition) is 2. The van der Waals surface area contributed by atoms with Gasteiger partial charge < -0.3 is 0 Å². The van der Waals surface area contributed by atoms with Gasteiger partial charge in [0.25, 0.3) is 0 Å². The van der Waals surface area contributed by atoms with E-state index in [-0.39, 0.29) is 35.0 Å². The molecule has 2 aromatic carbocycles. The summed E-state index contributed by atoms with van der Waals surface area (Å²) in [6.45, 7) is 0. The van der Waals surface area contributed by atoms with Gasteiger partial charge in [-0.05, 0) is 0 Å². The molecule has 22 heavy (non-hydrogen) atoms. The summed E-state index contributed by atoms with van der Waals surface area (Å²) in [5.41, 5.74) is 0. The Hall–Kier alpha value is -1.77. The monoisotopic (exact) mass is 420 g/mol. The van der Waals surface area contributed by atoms with Gasteiger partial charge in [-0.3, -0.25) is 0 Å². The molecule has 2 amide bonds. The van der Waals surface area contributed by atoms with Crippen molar-refractivity contribution in [3.8, 4) is 0 Å². The van der Waals surface area contributed by atoms with Crippen LogP contribution in [0.3, 0.4) is 0 Å². The molecule has 4 aromatic rings. The van der Waals surface area contributed by atoms with Crippen LogP contribution in [0.2, 0.25) is 0 Å². The van der Waals surface area contributed by atoms with Gasteiger partial charge in [-0.25, -0.2) is 0 Å². The van der Waals surface area contributed by atoms with Gasteiger partial charge in [0.1, 0.15) is 0 Å². The molecule has 2 heterocycles. The molecule has 108 valence electrons. The Balaban J connectivity index is 1.52. The van der Waals surface area contributed by atoms with Crippen molar-refractivity contribution in [3.63, 3.8) is 0 Å². The fourth-order valence-electron chi connectivity index (χ4n) is 2.34. The molecule has 0 saturated carbocycles. The molecule has 0 spiro atoms. The standard InChI is InChI=1S/C17H12N2OSe2/c20-17(18-15-9-11-5-1-3-7-13(11)21-15)19-16-10-12-6-2-4-8-14(12)22-16/h1-10H,(H2,18,19,20). The van der Waals surface area contributed by atoms with Crippen LogP contribution in [0.15, 0.2) is 60.7 Å². The van der Waals surface area contributed by atoms with E-state index in [0.717, 1.165) is 9.12 Å². The van der Waals surface area contributed by atoms with Crippen molar-refractivity contribution >= 4 is 63.5 Å². The molecular weight excluding hydrogens is 406 g/mol. The zero-order valence-electron chi connectivity index (χ0n) is 11.5. The van der Waals surface area contributed by atoms with Crippen molar-refractivity contribution in [3.05, 3.63) is 60.7 Å². The number of rotatable bonds is 2. The number of fused-ring (bicyclic) bond motifs is 2. The number of amides is 2. The van der Waals surface area contributed by atoms with E-state index in [2.05, 4.69) is 47.0 Å². The molecule has 3 nitrogen and oxygen atoms in total. The molecule has 0 aliphatic carbocycles. The summed E-state index contributed by atoms with van der Waals surface area (Å²) in [7, 11) is 0. The average Bonchev–Trinajstić information content (AvgIpc) is 3.08. The van der Waals surface area contributed by atoms with E-state index in [0.29, 0.717) is 0 Å². The summed E-state index contributed by atoms with van der Waals surface area (Å²) in [6.07, 6.45) is 0. The molecule has 0 aliphatic heterocycles. The Bertz CT molecular complexity index is 827. The number of carbonyl (C=O) groups is 1. The van der Waals surface area contributed by atoms with E-state index in [1.54, 1.807) is 0 Å². The Morgan fingerprint density at radius 2 is 1.18 bits per heavy atom. The van der Waals surface area contributed by atoms with Crippen molar-refractivity contribution in [2.45, 2.75) is 0 Å². The molecule has 4 rings (SSSR count). The minimum atomic E-state index is -0.137. The SMILES string of the molecule is O=C(Nc1cc2ccccc2[se]1)Nc1cc2ccccc2[se]1. The first kappa shape index (κ1) is 13.9. The molecule has 5 heteroatoms. The summed E-state index contributed by atoms with van der Waals surface area (Å²) >= 11 is 0.373. The van der Waals surface area contributed by atoms with E-state index < -0.39 is 0 Å². The second-order valence-electron chi connectivity index (χ2n) is 4.88. The van der Waals surface area contributed by atoms with Crippen molar-refractivity contribution in [2.75, 3.05) is 10.6 Å².